The van der Waals surface area contributed by atoms with Crippen LogP contribution in [-0.4, -0.2) is 29.6 Å². The van der Waals surface area contributed by atoms with Gasteiger partial charge < -0.3 is 10.1 Å². The topological polar surface area (TPSA) is 64.4 Å². The first-order chi connectivity index (χ1) is 10.2. The van der Waals surface area contributed by atoms with Crippen LogP contribution >= 0.6 is 11.8 Å². The molecule has 116 valence electrons. The maximum atomic E-state index is 11.0. The molecule has 21 heavy (non-hydrogen) atoms. The summed E-state index contributed by atoms with van der Waals surface area (Å²) in [5.74, 6) is 3.65. The Morgan fingerprint density at radius 2 is 2.14 bits per heavy atom. The van der Waals surface area contributed by atoms with Gasteiger partial charge in [-0.1, -0.05) is 6.92 Å². The number of hydrogen-bond donors (Lipinski definition) is 1. The third-order valence-electron chi connectivity index (χ3n) is 3.51. The van der Waals surface area contributed by atoms with Crippen LogP contribution in [-0.2, 0) is 0 Å². The van der Waals surface area contributed by atoms with Gasteiger partial charge in [-0.2, -0.15) is 11.8 Å². The number of hydrogen-bond acceptors (Lipinski definition) is 5. The standard InChI is InChI=1S/C15H22N2O3S/c1-2-5-20-15-9-13(8-14(10-15)17(18)19)16-11-12-3-6-21-7-4-12/h8-10,12,16H,2-7,11H2,1H3. The first-order valence-electron chi connectivity index (χ1n) is 7.43. The van der Waals surface area contributed by atoms with Gasteiger partial charge in [-0.25, -0.2) is 0 Å². The minimum atomic E-state index is -0.374. The summed E-state index contributed by atoms with van der Waals surface area (Å²) in [6.45, 7) is 3.45. The molecule has 0 radical (unpaired) electrons. The van der Waals surface area contributed by atoms with Gasteiger partial charge in [-0.15, -0.1) is 0 Å². The molecule has 0 unspecified atom stereocenters. The second-order valence-electron chi connectivity index (χ2n) is 5.26. The zero-order chi connectivity index (χ0) is 15.1. The average molecular weight is 310 g/mol. The molecule has 1 N–H and O–H groups in total. The number of nitro benzene ring substituents is 1. The predicted octanol–water partition coefficient (Wildman–Crippen LogP) is 3.94. The molecular weight excluding hydrogens is 288 g/mol. The molecule has 0 aliphatic carbocycles. The Morgan fingerprint density at radius 1 is 1.38 bits per heavy atom. The van der Waals surface area contributed by atoms with Crippen molar-refractivity contribution in [2.75, 3.05) is 30.0 Å². The molecule has 0 amide bonds. The summed E-state index contributed by atoms with van der Waals surface area (Å²) in [5.41, 5.74) is 0.846. The lowest BCUT2D eigenvalue weighted by atomic mass is 10.0. The van der Waals surface area contributed by atoms with Crippen LogP contribution in [0.15, 0.2) is 18.2 Å². The monoisotopic (exact) mass is 310 g/mol. The van der Waals surface area contributed by atoms with E-state index in [9.17, 15) is 10.1 Å². The molecular formula is C15H22N2O3S. The Kier molecular flexibility index (Phi) is 6.17. The second-order valence-corrected chi connectivity index (χ2v) is 6.48. The predicted molar refractivity (Wildman–Crippen MR) is 87.4 cm³/mol. The molecule has 0 spiro atoms. The van der Waals surface area contributed by atoms with E-state index >= 15 is 0 Å². The summed E-state index contributed by atoms with van der Waals surface area (Å²) >= 11 is 2.00. The van der Waals surface area contributed by atoms with Crippen molar-refractivity contribution in [1.29, 1.82) is 0 Å². The molecule has 1 aromatic carbocycles. The minimum Gasteiger partial charge on any atom is -0.493 e. The molecule has 1 aliphatic heterocycles. The van der Waals surface area contributed by atoms with E-state index < -0.39 is 0 Å². The van der Waals surface area contributed by atoms with E-state index in [-0.39, 0.29) is 10.6 Å². The Bertz CT molecular complexity index is 476. The van der Waals surface area contributed by atoms with Crippen LogP contribution in [0.1, 0.15) is 26.2 Å². The molecule has 0 bridgehead atoms. The summed E-state index contributed by atoms with van der Waals surface area (Å²) < 4.78 is 5.53. The molecule has 1 heterocycles. The van der Waals surface area contributed by atoms with Crippen LogP contribution in [0.4, 0.5) is 11.4 Å². The minimum absolute atomic E-state index is 0.0744. The summed E-state index contributed by atoms with van der Waals surface area (Å²) in [6.07, 6.45) is 3.31. The highest BCUT2D eigenvalue weighted by Gasteiger charge is 2.15. The second kappa shape index (κ2) is 8.12. The molecule has 1 fully saturated rings. The number of thioether (sulfide) groups is 1. The van der Waals surface area contributed by atoms with Gasteiger partial charge in [-0.05, 0) is 36.7 Å². The van der Waals surface area contributed by atoms with Crippen molar-refractivity contribution in [3.05, 3.63) is 28.3 Å². The first kappa shape index (κ1) is 15.9. The zero-order valence-corrected chi connectivity index (χ0v) is 13.2. The summed E-state index contributed by atoms with van der Waals surface area (Å²) in [7, 11) is 0. The molecule has 1 aromatic rings. The highest BCUT2D eigenvalue weighted by Crippen LogP contribution is 2.28. The van der Waals surface area contributed by atoms with Crippen LogP contribution in [0.5, 0.6) is 5.75 Å². The van der Waals surface area contributed by atoms with Crippen molar-refractivity contribution in [2.45, 2.75) is 26.2 Å². The fourth-order valence-electron chi connectivity index (χ4n) is 2.31. The van der Waals surface area contributed by atoms with E-state index in [2.05, 4.69) is 5.32 Å². The van der Waals surface area contributed by atoms with E-state index in [0.29, 0.717) is 18.3 Å². The van der Waals surface area contributed by atoms with Crippen molar-refractivity contribution in [3.8, 4) is 5.75 Å². The lowest BCUT2D eigenvalue weighted by Crippen LogP contribution is -2.19. The molecule has 1 saturated heterocycles. The van der Waals surface area contributed by atoms with Gasteiger partial charge in [0.2, 0.25) is 0 Å². The molecule has 0 atom stereocenters. The van der Waals surface area contributed by atoms with E-state index in [1.54, 1.807) is 6.07 Å². The number of rotatable bonds is 7. The van der Waals surface area contributed by atoms with E-state index in [0.717, 1.165) is 18.7 Å². The lowest BCUT2D eigenvalue weighted by Gasteiger charge is -2.22. The largest absolute Gasteiger partial charge is 0.493 e. The Labute approximate surface area is 129 Å². The number of nitro groups is 1. The van der Waals surface area contributed by atoms with Crippen LogP contribution < -0.4 is 10.1 Å². The fraction of sp³-hybridized carbons (Fsp3) is 0.600. The van der Waals surface area contributed by atoms with Crippen molar-refractivity contribution >= 4 is 23.1 Å². The average Bonchev–Trinajstić information content (AvgIpc) is 2.51. The van der Waals surface area contributed by atoms with Gasteiger partial charge in [0.1, 0.15) is 5.75 Å². The van der Waals surface area contributed by atoms with E-state index in [4.69, 9.17) is 4.74 Å². The van der Waals surface area contributed by atoms with Crippen molar-refractivity contribution in [3.63, 3.8) is 0 Å². The van der Waals surface area contributed by atoms with Gasteiger partial charge in [0.05, 0.1) is 17.6 Å². The molecule has 1 aliphatic rings. The Hall–Kier alpha value is -1.43. The highest BCUT2D eigenvalue weighted by atomic mass is 32.2. The van der Waals surface area contributed by atoms with E-state index in [1.807, 2.05) is 24.8 Å². The van der Waals surface area contributed by atoms with Crippen molar-refractivity contribution < 1.29 is 9.66 Å². The SMILES string of the molecule is CCCOc1cc(NCC2CCSCC2)cc([N+](=O)[O-])c1. The quantitative estimate of drug-likeness (QED) is 0.610. The highest BCUT2D eigenvalue weighted by molar-refractivity contribution is 7.99. The molecule has 0 aromatic heterocycles. The number of anilines is 1. The normalized spacial score (nSPS) is 15.7. The first-order valence-corrected chi connectivity index (χ1v) is 8.58. The fourth-order valence-corrected chi connectivity index (χ4v) is 3.51. The number of non-ortho nitro benzene ring substituents is 1. The van der Waals surface area contributed by atoms with Gasteiger partial charge in [-0.3, -0.25) is 10.1 Å². The number of nitrogens with zero attached hydrogens (tertiary/aromatic N) is 1. The van der Waals surface area contributed by atoms with Gasteiger partial charge in [0, 0.05) is 24.4 Å². The molecule has 5 nitrogen and oxygen atoms in total. The smallest absolute Gasteiger partial charge is 0.275 e. The zero-order valence-electron chi connectivity index (χ0n) is 12.3. The molecule has 6 heteroatoms. The third-order valence-corrected chi connectivity index (χ3v) is 4.56. The van der Waals surface area contributed by atoms with Crippen LogP contribution in [0.3, 0.4) is 0 Å². The molecule has 2 rings (SSSR count). The van der Waals surface area contributed by atoms with Crippen molar-refractivity contribution in [2.24, 2.45) is 5.92 Å². The van der Waals surface area contributed by atoms with Crippen LogP contribution in [0.2, 0.25) is 0 Å². The molecule has 0 saturated carbocycles. The maximum Gasteiger partial charge on any atom is 0.275 e. The third kappa shape index (κ3) is 5.12. The van der Waals surface area contributed by atoms with Gasteiger partial charge >= 0.3 is 0 Å². The summed E-state index contributed by atoms with van der Waals surface area (Å²) in [5, 5.41) is 14.3. The van der Waals surface area contributed by atoms with Gasteiger partial charge in [0.25, 0.3) is 5.69 Å². The number of benzene rings is 1. The van der Waals surface area contributed by atoms with Crippen LogP contribution in [0, 0.1) is 16.0 Å². The summed E-state index contributed by atoms with van der Waals surface area (Å²) in [6, 6.07) is 4.91. The van der Waals surface area contributed by atoms with Crippen LogP contribution in [0.25, 0.3) is 0 Å². The van der Waals surface area contributed by atoms with Crippen molar-refractivity contribution in [1.82, 2.24) is 0 Å². The van der Waals surface area contributed by atoms with E-state index in [1.165, 1.54) is 30.4 Å². The Balaban J connectivity index is 2.02. The summed E-state index contributed by atoms with van der Waals surface area (Å²) in [4.78, 5) is 10.6. The van der Waals surface area contributed by atoms with Gasteiger partial charge in [0.15, 0.2) is 0 Å². The number of ether oxygens (including phenoxy) is 1. The Morgan fingerprint density at radius 3 is 2.81 bits per heavy atom. The lowest BCUT2D eigenvalue weighted by molar-refractivity contribution is -0.384. The maximum absolute atomic E-state index is 11.0. The number of nitrogens with one attached hydrogen (secondary N) is 1.